The third-order valence-electron chi connectivity index (χ3n) is 3.14. The van der Waals surface area contributed by atoms with Gasteiger partial charge in [0.2, 0.25) is 0 Å². The first kappa shape index (κ1) is 15.9. The van der Waals surface area contributed by atoms with Crippen molar-refractivity contribution in [3.63, 3.8) is 0 Å². The summed E-state index contributed by atoms with van der Waals surface area (Å²) in [4.78, 5) is 15.7. The van der Waals surface area contributed by atoms with Crippen molar-refractivity contribution in [1.29, 1.82) is 0 Å². The van der Waals surface area contributed by atoms with E-state index in [1.807, 2.05) is 27.0 Å². The van der Waals surface area contributed by atoms with Gasteiger partial charge < -0.3 is 4.90 Å². The number of rotatable bonds is 2. The number of Topliss-reactive ketones (excluding diaryl/α,β-unsaturated/α-hetero) is 1. The maximum absolute atomic E-state index is 11.4. The van der Waals surface area contributed by atoms with Crippen LogP contribution in [0.15, 0.2) is 24.0 Å². The molecule has 98 valence electrons. The summed E-state index contributed by atoms with van der Waals surface area (Å²) < 4.78 is 0. The van der Waals surface area contributed by atoms with Crippen LogP contribution in [0.2, 0.25) is 0 Å². The molecule has 1 unspecified atom stereocenters. The van der Waals surface area contributed by atoms with Crippen LogP contribution in [0.1, 0.15) is 34.6 Å². The van der Waals surface area contributed by atoms with E-state index in [-0.39, 0.29) is 5.78 Å². The minimum absolute atomic E-state index is 0.139. The van der Waals surface area contributed by atoms with Gasteiger partial charge in [-0.25, -0.2) is 0 Å². The van der Waals surface area contributed by atoms with Crippen LogP contribution in [0.3, 0.4) is 0 Å². The number of carbonyl (C=O) groups excluding carboxylic acids is 1. The average molecular weight is 238 g/mol. The second kappa shape index (κ2) is 7.28. The Hall–Kier alpha value is -1.09. The van der Waals surface area contributed by atoms with E-state index in [4.69, 9.17) is 0 Å². The summed E-state index contributed by atoms with van der Waals surface area (Å²) in [6.07, 6.45) is 1.81. The van der Waals surface area contributed by atoms with Gasteiger partial charge in [-0.3, -0.25) is 9.69 Å². The SMILES string of the molecule is C=CN1CC(C)N(C)C/C1=C(/C)C(C)=O.CC. The van der Waals surface area contributed by atoms with Crippen LogP contribution in [-0.2, 0) is 4.79 Å². The number of likely N-dealkylation sites (N-methyl/N-ethyl adjacent to an activating group) is 1. The van der Waals surface area contributed by atoms with Gasteiger partial charge in [-0.2, -0.15) is 0 Å². The summed E-state index contributed by atoms with van der Waals surface area (Å²) in [6, 6.07) is 0.492. The molecule has 1 heterocycles. The summed E-state index contributed by atoms with van der Waals surface area (Å²) >= 11 is 0. The van der Waals surface area contributed by atoms with Gasteiger partial charge in [0.05, 0.1) is 0 Å². The van der Waals surface area contributed by atoms with Crippen molar-refractivity contribution in [2.45, 2.75) is 40.7 Å². The summed E-state index contributed by atoms with van der Waals surface area (Å²) in [5.41, 5.74) is 1.92. The number of ketones is 1. The second-order valence-corrected chi connectivity index (χ2v) is 4.23. The third kappa shape index (κ3) is 4.00. The van der Waals surface area contributed by atoms with E-state index >= 15 is 0 Å². The van der Waals surface area contributed by atoms with Crippen LogP contribution in [-0.4, -0.2) is 41.8 Å². The number of allylic oxidation sites excluding steroid dienone is 1. The maximum atomic E-state index is 11.4. The van der Waals surface area contributed by atoms with E-state index < -0.39 is 0 Å². The molecule has 0 aromatic heterocycles. The Labute approximate surface area is 106 Å². The topological polar surface area (TPSA) is 23.6 Å². The molecule has 1 fully saturated rings. The molecule has 0 amide bonds. The highest BCUT2D eigenvalue weighted by atomic mass is 16.1. The molecule has 1 aliphatic heterocycles. The minimum atomic E-state index is 0.139. The first-order valence-corrected chi connectivity index (χ1v) is 6.27. The Morgan fingerprint density at radius 1 is 1.41 bits per heavy atom. The number of nitrogens with zero attached hydrogens (tertiary/aromatic N) is 2. The first-order chi connectivity index (χ1) is 7.97. The van der Waals surface area contributed by atoms with Crippen LogP contribution in [0.5, 0.6) is 0 Å². The quantitative estimate of drug-likeness (QED) is 0.691. The molecule has 1 saturated heterocycles. The zero-order valence-corrected chi connectivity index (χ0v) is 12.1. The van der Waals surface area contributed by atoms with E-state index in [1.54, 1.807) is 6.92 Å². The normalized spacial score (nSPS) is 23.6. The lowest BCUT2D eigenvalue weighted by atomic mass is 10.1. The fourth-order valence-corrected chi connectivity index (χ4v) is 1.74. The molecule has 1 rings (SSSR count). The number of hydrogen-bond acceptors (Lipinski definition) is 3. The maximum Gasteiger partial charge on any atom is 0.157 e. The fourth-order valence-electron chi connectivity index (χ4n) is 1.74. The number of hydrogen-bond donors (Lipinski definition) is 0. The average Bonchev–Trinajstić information content (AvgIpc) is 2.33. The monoisotopic (exact) mass is 238 g/mol. The smallest absolute Gasteiger partial charge is 0.157 e. The lowest BCUT2D eigenvalue weighted by molar-refractivity contribution is -0.113. The van der Waals surface area contributed by atoms with Gasteiger partial charge in [-0.1, -0.05) is 20.4 Å². The third-order valence-corrected chi connectivity index (χ3v) is 3.14. The lowest BCUT2D eigenvalue weighted by Gasteiger charge is -2.39. The molecule has 0 aromatic carbocycles. The zero-order chi connectivity index (χ0) is 13.6. The van der Waals surface area contributed by atoms with Crippen molar-refractivity contribution in [3.05, 3.63) is 24.0 Å². The molecular formula is C14H26N2O. The van der Waals surface area contributed by atoms with Gasteiger partial charge in [0.1, 0.15) is 0 Å². The van der Waals surface area contributed by atoms with Crippen molar-refractivity contribution in [2.75, 3.05) is 20.1 Å². The van der Waals surface area contributed by atoms with Crippen LogP contribution in [0.4, 0.5) is 0 Å². The van der Waals surface area contributed by atoms with E-state index in [0.717, 1.165) is 24.4 Å². The highest BCUT2D eigenvalue weighted by Crippen LogP contribution is 2.20. The van der Waals surface area contributed by atoms with E-state index in [2.05, 4.69) is 30.4 Å². The van der Waals surface area contributed by atoms with Crippen LogP contribution < -0.4 is 0 Å². The van der Waals surface area contributed by atoms with Gasteiger partial charge in [0.25, 0.3) is 0 Å². The Morgan fingerprint density at radius 2 is 1.94 bits per heavy atom. The van der Waals surface area contributed by atoms with Crippen molar-refractivity contribution in [1.82, 2.24) is 9.80 Å². The molecule has 17 heavy (non-hydrogen) atoms. The Balaban J connectivity index is 0.00000121. The fraction of sp³-hybridized carbons (Fsp3) is 0.643. The van der Waals surface area contributed by atoms with Gasteiger partial charge >= 0.3 is 0 Å². The van der Waals surface area contributed by atoms with Crippen molar-refractivity contribution < 1.29 is 4.79 Å². The predicted octanol–water partition coefficient (Wildman–Crippen LogP) is 2.66. The van der Waals surface area contributed by atoms with E-state index in [0.29, 0.717) is 6.04 Å². The molecule has 3 nitrogen and oxygen atoms in total. The molecule has 0 bridgehead atoms. The summed E-state index contributed by atoms with van der Waals surface area (Å²) in [6.45, 7) is 15.2. The molecule has 0 N–H and O–H groups in total. The van der Waals surface area contributed by atoms with Crippen LogP contribution >= 0.6 is 0 Å². The van der Waals surface area contributed by atoms with Crippen molar-refractivity contribution in [3.8, 4) is 0 Å². The highest BCUT2D eigenvalue weighted by Gasteiger charge is 2.24. The minimum Gasteiger partial charge on any atom is -0.349 e. The van der Waals surface area contributed by atoms with Crippen molar-refractivity contribution in [2.24, 2.45) is 0 Å². The summed E-state index contributed by atoms with van der Waals surface area (Å²) in [7, 11) is 2.08. The van der Waals surface area contributed by atoms with Crippen molar-refractivity contribution >= 4 is 5.78 Å². The van der Waals surface area contributed by atoms with Gasteiger partial charge in [-0.15, -0.1) is 0 Å². The molecule has 0 aliphatic carbocycles. The molecule has 0 radical (unpaired) electrons. The Kier molecular flexibility index (Phi) is 6.81. The van der Waals surface area contributed by atoms with Crippen LogP contribution in [0.25, 0.3) is 0 Å². The predicted molar refractivity (Wildman–Crippen MR) is 73.7 cm³/mol. The van der Waals surface area contributed by atoms with E-state index in [9.17, 15) is 4.79 Å². The van der Waals surface area contributed by atoms with E-state index in [1.165, 1.54) is 0 Å². The Morgan fingerprint density at radius 3 is 2.35 bits per heavy atom. The Bertz CT molecular complexity index is 307. The lowest BCUT2D eigenvalue weighted by Crippen LogP contribution is -2.47. The summed E-state index contributed by atoms with van der Waals surface area (Å²) in [5, 5.41) is 0. The molecular weight excluding hydrogens is 212 g/mol. The van der Waals surface area contributed by atoms with Gasteiger partial charge in [-0.05, 0) is 34.0 Å². The summed E-state index contributed by atoms with van der Waals surface area (Å²) in [5.74, 6) is 0.139. The second-order valence-electron chi connectivity index (χ2n) is 4.23. The highest BCUT2D eigenvalue weighted by molar-refractivity contribution is 5.93. The molecule has 1 aliphatic rings. The molecule has 0 aromatic rings. The van der Waals surface area contributed by atoms with Gasteiger partial charge in [0.15, 0.2) is 5.78 Å². The number of carbonyl (C=O) groups is 1. The molecule has 0 saturated carbocycles. The molecule has 3 heteroatoms. The number of piperazine rings is 1. The van der Waals surface area contributed by atoms with Gasteiger partial charge in [0, 0.05) is 30.4 Å². The molecule has 0 spiro atoms. The zero-order valence-electron chi connectivity index (χ0n) is 12.1. The standard InChI is InChI=1S/C12H20N2O.C2H6/c1-6-14-7-9(2)13(5)8-12(14)10(3)11(4)15;1-2/h6,9H,1,7-8H2,2-5H3;1-2H3/b12-10+;. The largest absolute Gasteiger partial charge is 0.349 e. The molecule has 1 atom stereocenters. The first-order valence-electron chi connectivity index (χ1n) is 6.27. The van der Waals surface area contributed by atoms with Crippen LogP contribution in [0, 0.1) is 0 Å².